The van der Waals surface area contributed by atoms with Crippen molar-refractivity contribution in [1.82, 2.24) is 0 Å². The van der Waals surface area contributed by atoms with Crippen LogP contribution in [0.4, 0.5) is 16.4 Å². The number of anilines is 3. The van der Waals surface area contributed by atoms with E-state index in [4.69, 9.17) is 15.2 Å². The van der Waals surface area contributed by atoms with E-state index in [0.29, 0.717) is 22.7 Å². The van der Waals surface area contributed by atoms with Crippen LogP contribution in [0.5, 0.6) is 11.5 Å². The van der Waals surface area contributed by atoms with Crippen molar-refractivity contribution in [2.75, 3.05) is 25.3 Å². The Balaban J connectivity index is 1.85. The predicted octanol–water partition coefficient (Wildman–Crippen LogP) is 5.15. The lowest BCUT2D eigenvalue weighted by atomic mass is 10.1. The molecule has 0 aliphatic heterocycles. The summed E-state index contributed by atoms with van der Waals surface area (Å²) in [7, 11) is -0.956. The smallest absolute Gasteiger partial charge is 0.211 e. The number of methoxy groups -OCH3 is 2. The number of sulfone groups is 1. The standard InChI is InChI=1S/C25H22N2O5S2/c1-31-18-13-11-17(12-14-18)27-25-24(34(29,30)20-9-4-3-5-10-20)21(26)23(33-25)22(28)16-7-6-8-19(15-16)32-2/h3-15,27H,26H2,1-2H3. The third-order valence-corrected chi connectivity index (χ3v) is 8.21. The van der Waals surface area contributed by atoms with E-state index in [2.05, 4.69) is 5.32 Å². The van der Waals surface area contributed by atoms with E-state index in [1.165, 1.54) is 19.2 Å². The maximum absolute atomic E-state index is 13.6. The summed E-state index contributed by atoms with van der Waals surface area (Å²) in [5.74, 6) is 0.769. The van der Waals surface area contributed by atoms with Gasteiger partial charge < -0.3 is 20.5 Å². The Morgan fingerprint density at radius 3 is 2.21 bits per heavy atom. The van der Waals surface area contributed by atoms with Gasteiger partial charge in [-0.05, 0) is 48.5 Å². The summed E-state index contributed by atoms with van der Waals surface area (Å²) in [5, 5.41) is 3.36. The normalized spacial score (nSPS) is 11.1. The van der Waals surface area contributed by atoms with Crippen LogP contribution in [0.25, 0.3) is 0 Å². The fourth-order valence-electron chi connectivity index (χ4n) is 3.36. The second-order valence-corrected chi connectivity index (χ2v) is 10.1. The first kappa shape index (κ1) is 23.3. The van der Waals surface area contributed by atoms with Crippen molar-refractivity contribution in [2.45, 2.75) is 9.79 Å². The van der Waals surface area contributed by atoms with Gasteiger partial charge in [0.25, 0.3) is 0 Å². The summed E-state index contributed by atoms with van der Waals surface area (Å²) in [6, 6.07) is 21.6. The molecule has 0 aliphatic carbocycles. The average Bonchev–Trinajstić information content (AvgIpc) is 3.20. The van der Waals surface area contributed by atoms with E-state index >= 15 is 0 Å². The van der Waals surface area contributed by atoms with E-state index in [0.717, 1.165) is 11.3 Å². The highest BCUT2D eigenvalue weighted by atomic mass is 32.2. The topological polar surface area (TPSA) is 108 Å². The van der Waals surface area contributed by atoms with Crippen LogP contribution in [0.2, 0.25) is 0 Å². The average molecular weight is 495 g/mol. The molecule has 34 heavy (non-hydrogen) atoms. The molecule has 1 aromatic heterocycles. The van der Waals surface area contributed by atoms with Gasteiger partial charge in [0, 0.05) is 11.3 Å². The van der Waals surface area contributed by atoms with Gasteiger partial charge in [0.15, 0.2) is 0 Å². The van der Waals surface area contributed by atoms with Gasteiger partial charge >= 0.3 is 0 Å². The highest BCUT2D eigenvalue weighted by Gasteiger charge is 2.31. The Bertz CT molecular complexity index is 1430. The van der Waals surface area contributed by atoms with Gasteiger partial charge in [0.05, 0.1) is 24.8 Å². The van der Waals surface area contributed by atoms with Crippen molar-refractivity contribution in [2.24, 2.45) is 0 Å². The highest BCUT2D eigenvalue weighted by Crippen LogP contribution is 2.44. The zero-order chi connectivity index (χ0) is 24.3. The molecule has 0 bridgehead atoms. The molecule has 0 saturated carbocycles. The van der Waals surface area contributed by atoms with Gasteiger partial charge in [-0.2, -0.15) is 0 Å². The molecule has 0 aliphatic rings. The summed E-state index contributed by atoms with van der Waals surface area (Å²) < 4.78 is 37.5. The number of rotatable bonds is 8. The van der Waals surface area contributed by atoms with Gasteiger partial charge in [0.1, 0.15) is 26.3 Å². The summed E-state index contributed by atoms with van der Waals surface area (Å²) >= 11 is 0.992. The van der Waals surface area contributed by atoms with Crippen molar-refractivity contribution in [3.8, 4) is 11.5 Å². The number of carbonyl (C=O) groups is 1. The monoisotopic (exact) mass is 494 g/mol. The number of benzene rings is 3. The lowest BCUT2D eigenvalue weighted by molar-refractivity contribution is 0.104. The molecule has 0 amide bonds. The quantitative estimate of drug-likeness (QED) is 0.326. The first-order chi connectivity index (χ1) is 16.3. The van der Waals surface area contributed by atoms with E-state index in [1.54, 1.807) is 73.8 Å². The fourth-order valence-corrected chi connectivity index (χ4v) is 6.32. The molecular weight excluding hydrogens is 472 g/mol. The lowest BCUT2D eigenvalue weighted by Crippen LogP contribution is -2.08. The van der Waals surface area contributed by atoms with Crippen LogP contribution in [-0.4, -0.2) is 28.4 Å². The maximum Gasteiger partial charge on any atom is 0.211 e. The molecule has 0 atom stereocenters. The molecule has 0 unspecified atom stereocenters. The van der Waals surface area contributed by atoms with Crippen LogP contribution in [-0.2, 0) is 9.84 Å². The number of ether oxygens (including phenoxy) is 2. The number of nitrogens with one attached hydrogen (secondary N) is 1. The Labute approximate surface area is 201 Å². The lowest BCUT2D eigenvalue weighted by Gasteiger charge is -2.10. The largest absolute Gasteiger partial charge is 0.497 e. The van der Waals surface area contributed by atoms with Crippen LogP contribution < -0.4 is 20.5 Å². The number of nitrogen functional groups attached to an aromatic ring is 1. The van der Waals surface area contributed by atoms with Gasteiger partial charge in [-0.1, -0.05) is 30.3 Å². The number of ketones is 1. The second kappa shape index (κ2) is 9.58. The summed E-state index contributed by atoms with van der Waals surface area (Å²) in [4.78, 5) is 13.4. The van der Waals surface area contributed by atoms with E-state index < -0.39 is 15.6 Å². The van der Waals surface area contributed by atoms with Gasteiger partial charge in [-0.3, -0.25) is 4.79 Å². The summed E-state index contributed by atoms with van der Waals surface area (Å²) in [5.41, 5.74) is 7.21. The third kappa shape index (κ3) is 4.48. The first-order valence-corrected chi connectivity index (χ1v) is 12.5. The molecule has 0 radical (unpaired) electrons. The number of carbonyl (C=O) groups excluding carboxylic acids is 1. The number of hydrogen-bond donors (Lipinski definition) is 2. The highest BCUT2D eigenvalue weighted by molar-refractivity contribution is 7.92. The van der Waals surface area contributed by atoms with Crippen LogP contribution in [0.3, 0.4) is 0 Å². The molecule has 4 rings (SSSR count). The van der Waals surface area contributed by atoms with E-state index in [9.17, 15) is 13.2 Å². The van der Waals surface area contributed by atoms with Gasteiger partial charge in [-0.15, -0.1) is 11.3 Å². The van der Waals surface area contributed by atoms with Crippen molar-refractivity contribution in [3.63, 3.8) is 0 Å². The van der Waals surface area contributed by atoms with Crippen LogP contribution in [0.15, 0.2) is 88.7 Å². The summed E-state index contributed by atoms with van der Waals surface area (Å²) in [6.45, 7) is 0. The van der Waals surface area contributed by atoms with Gasteiger partial charge in [-0.25, -0.2) is 8.42 Å². The molecule has 0 fully saturated rings. The van der Waals surface area contributed by atoms with Gasteiger partial charge in [0.2, 0.25) is 15.6 Å². The van der Waals surface area contributed by atoms with Crippen LogP contribution in [0.1, 0.15) is 15.2 Å². The zero-order valence-electron chi connectivity index (χ0n) is 18.4. The molecule has 4 aromatic rings. The van der Waals surface area contributed by atoms with Crippen molar-refractivity contribution in [1.29, 1.82) is 0 Å². The molecule has 7 nitrogen and oxygen atoms in total. The van der Waals surface area contributed by atoms with Crippen molar-refractivity contribution in [3.05, 3.63) is 89.3 Å². The maximum atomic E-state index is 13.6. The van der Waals surface area contributed by atoms with E-state index in [-0.39, 0.29) is 25.4 Å². The minimum atomic E-state index is -4.02. The fraction of sp³-hybridized carbons (Fsp3) is 0.0800. The number of nitrogens with two attached hydrogens (primary N) is 1. The Morgan fingerprint density at radius 2 is 1.56 bits per heavy atom. The van der Waals surface area contributed by atoms with Crippen LogP contribution in [0, 0.1) is 0 Å². The first-order valence-electron chi connectivity index (χ1n) is 10.2. The molecule has 1 heterocycles. The molecule has 3 N–H and O–H groups in total. The SMILES string of the molecule is COc1ccc(Nc2sc(C(=O)c3cccc(OC)c3)c(N)c2S(=O)(=O)c2ccccc2)cc1. The summed E-state index contributed by atoms with van der Waals surface area (Å²) in [6.07, 6.45) is 0. The predicted molar refractivity (Wildman–Crippen MR) is 133 cm³/mol. The minimum Gasteiger partial charge on any atom is -0.497 e. The molecule has 9 heteroatoms. The van der Waals surface area contributed by atoms with Crippen molar-refractivity contribution < 1.29 is 22.7 Å². The Morgan fingerprint density at radius 1 is 0.882 bits per heavy atom. The van der Waals surface area contributed by atoms with Crippen molar-refractivity contribution >= 4 is 43.3 Å². The molecule has 0 spiro atoms. The van der Waals surface area contributed by atoms with E-state index in [1.807, 2.05) is 0 Å². The molecule has 3 aromatic carbocycles. The minimum absolute atomic E-state index is 0.0812. The number of hydrogen-bond acceptors (Lipinski definition) is 8. The third-order valence-electron chi connectivity index (χ3n) is 5.11. The van der Waals surface area contributed by atoms with Crippen LogP contribution >= 0.6 is 11.3 Å². The molecule has 174 valence electrons. The molecular formula is C25H22N2O5S2. The Hall–Kier alpha value is -3.82. The second-order valence-electron chi connectivity index (χ2n) is 7.23. The zero-order valence-corrected chi connectivity index (χ0v) is 20.1. The Kier molecular flexibility index (Phi) is 6.58. The molecule has 0 saturated heterocycles. The number of thiophene rings is 1.